The third kappa shape index (κ3) is 5.06. The Morgan fingerprint density at radius 3 is 2.42 bits per heavy atom. The number of nitrogens with zero attached hydrogens (tertiary/aromatic N) is 2. The molecule has 0 radical (unpaired) electrons. The predicted molar refractivity (Wildman–Crippen MR) is 130 cm³/mol. The molecule has 0 amide bonds. The summed E-state index contributed by atoms with van der Waals surface area (Å²) in [5, 5.41) is 4.38. The zero-order valence-electron chi connectivity index (χ0n) is 18.3. The van der Waals surface area contributed by atoms with E-state index in [0.717, 1.165) is 49.8 Å². The first-order chi connectivity index (χ1) is 15.8. The molecule has 0 spiro atoms. The number of esters is 1. The van der Waals surface area contributed by atoms with E-state index >= 15 is 0 Å². The molecule has 1 fully saturated rings. The zero-order chi connectivity index (χ0) is 23.6. The first-order valence-electron chi connectivity index (χ1n) is 10.9. The molecule has 178 valence electrons. The molecular formula is C22H26FN3O4S3. The van der Waals surface area contributed by atoms with Crippen molar-refractivity contribution in [1.29, 1.82) is 0 Å². The summed E-state index contributed by atoms with van der Waals surface area (Å²) in [5.74, 6) is -0.845. The van der Waals surface area contributed by atoms with E-state index in [2.05, 4.69) is 5.32 Å². The monoisotopic (exact) mass is 511 g/mol. The minimum Gasteiger partial charge on any atom is -0.465 e. The summed E-state index contributed by atoms with van der Waals surface area (Å²) in [5.41, 5.74) is 1.63. The van der Waals surface area contributed by atoms with Gasteiger partial charge in [-0.1, -0.05) is 6.42 Å². The fourth-order valence-corrected chi connectivity index (χ4v) is 7.26. The number of hydrogen-bond donors (Lipinski definition) is 1. The lowest BCUT2D eigenvalue weighted by Crippen LogP contribution is -2.51. The van der Waals surface area contributed by atoms with Crippen LogP contribution < -0.4 is 5.32 Å². The molecule has 2 aromatic rings. The second-order valence-electron chi connectivity index (χ2n) is 8.04. The number of thiocarbonyl (C=S) groups is 1. The summed E-state index contributed by atoms with van der Waals surface area (Å²) in [6.45, 7) is 1.33. The van der Waals surface area contributed by atoms with Gasteiger partial charge in [0.15, 0.2) is 5.11 Å². The van der Waals surface area contributed by atoms with Crippen LogP contribution in [-0.2, 0) is 27.6 Å². The van der Waals surface area contributed by atoms with Gasteiger partial charge in [-0.2, -0.15) is 4.31 Å². The minimum absolute atomic E-state index is 0.0702. The van der Waals surface area contributed by atoms with Crippen LogP contribution in [0.2, 0.25) is 0 Å². The summed E-state index contributed by atoms with van der Waals surface area (Å²) < 4.78 is 45.3. The van der Waals surface area contributed by atoms with Gasteiger partial charge in [-0.25, -0.2) is 17.6 Å². The van der Waals surface area contributed by atoms with E-state index in [9.17, 15) is 17.6 Å². The van der Waals surface area contributed by atoms with E-state index in [1.807, 2.05) is 4.90 Å². The summed E-state index contributed by atoms with van der Waals surface area (Å²) in [6.07, 6.45) is 5.09. The van der Waals surface area contributed by atoms with Crippen LogP contribution in [0.4, 0.5) is 9.39 Å². The highest BCUT2D eigenvalue weighted by Gasteiger charge is 2.31. The Bertz CT molecular complexity index is 1140. The summed E-state index contributed by atoms with van der Waals surface area (Å²) in [4.78, 5) is 15.7. The Hall–Kier alpha value is -2.08. The van der Waals surface area contributed by atoms with Crippen LogP contribution in [0, 0.1) is 5.82 Å². The van der Waals surface area contributed by atoms with Crippen molar-refractivity contribution in [2.24, 2.45) is 0 Å². The Labute approximate surface area is 202 Å². The lowest BCUT2D eigenvalue weighted by atomic mass is 10.1. The number of halogens is 1. The number of carbonyl (C=O) groups is 1. The molecular weight excluding hydrogens is 485 g/mol. The number of sulfonamides is 1. The van der Waals surface area contributed by atoms with Crippen molar-refractivity contribution < 1.29 is 22.3 Å². The molecule has 1 aliphatic carbocycles. The molecule has 0 atom stereocenters. The van der Waals surface area contributed by atoms with Crippen LogP contribution in [0.3, 0.4) is 0 Å². The van der Waals surface area contributed by atoms with Gasteiger partial charge in [0.1, 0.15) is 10.8 Å². The topological polar surface area (TPSA) is 79.0 Å². The van der Waals surface area contributed by atoms with Crippen molar-refractivity contribution in [3.63, 3.8) is 0 Å². The number of methoxy groups -OCH3 is 1. The van der Waals surface area contributed by atoms with Crippen molar-refractivity contribution in [1.82, 2.24) is 9.21 Å². The molecule has 0 bridgehead atoms. The number of nitrogens with one attached hydrogen (secondary N) is 1. The van der Waals surface area contributed by atoms with Crippen LogP contribution in [0.1, 0.15) is 40.1 Å². The highest BCUT2D eigenvalue weighted by atomic mass is 32.2. The van der Waals surface area contributed by atoms with Gasteiger partial charge in [-0.3, -0.25) is 0 Å². The molecule has 1 N–H and O–H groups in total. The molecule has 2 heterocycles. The number of ether oxygens (including phenoxy) is 1. The number of hydrogen-bond acceptors (Lipinski definition) is 6. The lowest BCUT2D eigenvalue weighted by molar-refractivity contribution is 0.0601. The van der Waals surface area contributed by atoms with E-state index < -0.39 is 15.8 Å². The van der Waals surface area contributed by atoms with Crippen LogP contribution in [0.25, 0.3) is 0 Å². The van der Waals surface area contributed by atoms with Crippen LogP contribution in [0.5, 0.6) is 0 Å². The lowest BCUT2D eigenvalue weighted by Gasteiger charge is -2.35. The number of fused-ring (bicyclic) bond motifs is 1. The first-order valence-corrected chi connectivity index (χ1v) is 13.5. The average molecular weight is 512 g/mol. The molecule has 1 aromatic heterocycles. The van der Waals surface area contributed by atoms with Gasteiger partial charge in [0.05, 0.1) is 17.6 Å². The quantitative estimate of drug-likeness (QED) is 0.381. The SMILES string of the molecule is COC(=O)c1c(NC(=S)N2CCN(S(=O)(=O)c3ccc(F)cc3)CC2)sc2c1CCCCC2. The van der Waals surface area contributed by atoms with Gasteiger partial charge < -0.3 is 15.0 Å². The van der Waals surface area contributed by atoms with Gasteiger partial charge in [0.2, 0.25) is 10.0 Å². The third-order valence-electron chi connectivity index (χ3n) is 6.01. The highest BCUT2D eigenvalue weighted by molar-refractivity contribution is 7.89. The third-order valence-corrected chi connectivity index (χ3v) is 9.49. The van der Waals surface area contributed by atoms with Crippen molar-refractivity contribution in [3.8, 4) is 0 Å². The van der Waals surface area contributed by atoms with Crippen LogP contribution in [-0.4, -0.2) is 62.0 Å². The second-order valence-corrected chi connectivity index (χ2v) is 11.5. The van der Waals surface area contributed by atoms with Crippen LogP contribution in [0.15, 0.2) is 29.2 Å². The summed E-state index contributed by atoms with van der Waals surface area (Å²) in [6, 6.07) is 4.84. The fraction of sp³-hybridized carbons (Fsp3) is 0.455. The molecule has 4 rings (SSSR count). The zero-order valence-corrected chi connectivity index (χ0v) is 20.8. The molecule has 7 nitrogen and oxygen atoms in total. The fourth-order valence-electron chi connectivity index (χ4n) is 4.21. The number of piperazine rings is 1. The standard InChI is InChI=1S/C22H26FN3O4S3/c1-30-21(27)19-17-5-3-2-4-6-18(17)32-20(19)24-22(31)25-11-13-26(14-12-25)33(28,29)16-9-7-15(23)8-10-16/h7-10H,2-6,11-14H2,1H3,(H,24,31). The number of carbonyl (C=O) groups excluding carboxylic acids is 1. The molecule has 1 aliphatic heterocycles. The predicted octanol–water partition coefficient (Wildman–Crippen LogP) is 3.65. The van der Waals surface area contributed by atoms with Crippen molar-refractivity contribution in [2.75, 3.05) is 38.6 Å². The molecule has 2 aliphatic rings. The molecule has 33 heavy (non-hydrogen) atoms. The second kappa shape index (κ2) is 10.0. The number of aryl methyl sites for hydroxylation is 1. The van der Waals surface area contributed by atoms with E-state index in [0.29, 0.717) is 28.8 Å². The van der Waals surface area contributed by atoms with Gasteiger partial charge in [-0.15, -0.1) is 11.3 Å². The molecule has 11 heteroatoms. The Morgan fingerprint density at radius 1 is 1.09 bits per heavy atom. The number of thiophene rings is 1. The Kier molecular flexibility index (Phi) is 7.32. The normalized spacial score (nSPS) is 17.2. The van der Waals surface area contributed by atoms with E-state index in [4.69, 9.17) is 17.0 Å². The summed E-state index contributed by atoms with van der Waals surface area (Å²) in [7, 11) is -2.32. The number of anilines is 1. The molecule has 0 saturated carbocycles. The van der Waals surface area contributed by atoms with Gasteiger partial charge in [-0.05, 0) is 67.7 Å². The maximum atomic E-state index is 13.2. The minimum atomic E-state index is -3.70. The average Bonchev–Trinajstić information content (AvgIpc) is 2.98. The smallest absolute Gasteiger partial charge is 0.341 e. The number of rotatable bonds is 4. The van der Waals surface area contributed by atoms with Crippen molar-refractivity contribution >= 4 is 49.7 Å². The maximum Gasteiger partial charge on any atom is 0.341 e. The van der Waals surface area contributed by atoms with Crippen LogP contribution >= 0.6 is 23.6 Å². The Balaban J connectivity index is 1.45. The largest absolute Gasteiger partial charge is 0.465 e. The molecule has 1 saturated heterocycles. The summed E-state index contributed by atoms with van der Waals surface area (Å²) >= 11 is 7.16. The highest BCUT2D eigenvalue weighted by Crippen LogP contribution is 2.38. The van der Waals surface area contributed by atoms with Gasteiger partial charge in [0, 0.05) is 31.1 Å². The number of benzene rings is 1. The molecule has 0 unspecified atom stereocenters. The molecule has 1 aromatic carbocycles. The van der Waals surface area contributed by atoms with E-state index in [1.54, 1.807) is 11.3 Å². The first kappa shape index (κ1) is 24.1. The maximum absolute atomic E-state index is 13.2. The Morgan fingerprint density at radius 2 is 1.76 bits per heavy atom. The van der Waals surface area contributed by atoms with Crippen molar-refractivity contribution in [3.05, 3.63) is 46.1 Å². The van der Waals surface area contributed by atoms with Gasteiger partial charge >= 0.3 is 5.97 Å². The van der Waals surface area contributed by atoms with Gasteiger partial charge in [0.25, 0.3) is 0 Å². The van der Waals surface area contributed by atoms with E-state index in [-0.39, 0.29) is 24.0 Å². The van der Waals surface area contributed by atoms with E-state index in [1.165, 1.54) is 28.4 Å². The van der Waals surface area contributed by atoms with Crippen molar-refractivity contribution in [2.45, 2.75) is 37.0 Å².